The van der Waals surface area contributed by atoms with E-state index in [1.165, 1.54) is 0 Å². The minimum absolute atomic E-state index is 0.126. The summed E-state index contributed by atoms with van der Waals surface area (Å²) in [6, 6.07) is 0. The molecule has 108 valence electrons. The van der Waals surface area contributed by atoms with E-state index in [1.54, 1.807) is 0 Å². The zero-order chi connectivity index (χ0) is 13.8. The first kappa shape index (κ1) is 17.5. The average molecular weight is 282 g/mol. The molecule has 2 N–H and O–H groups in total. The van der Waals surface area contributed by atoms with Crippen molar-refractivity contribution >= 4 is 16.8 Å². The highest BCUT2D eigenvalue weighted by Crippen LogP contribution is 1.92. The fourth-order valence-electron chi connectivity index (χ4n) is 1.06. The summed E-state index contributed by atoms with van der Waals surface area (Å²) in [5.41, 5.74) is 0. The van der Waals surface area contributed by atoms with Crippen molar-refractivity contribution in [3.8, 4) is 0 Å². The Bertz CT molecular complexity index is 246. The molecule has 18 heavy (non-hydrogen) atoms. The van der Waals surface area contributed by atoms with Gasteiger partial charge in [0.1, 0.15) is 12.4 Å². The molecule has 0 aromatic heterocycles. The molecule has 7 heteroatoms. The summed E-state index contributed by atoms with van der Waals surface area (Å²) in [6.45, 7) is 2.70. The Hall–Kier alpha value is -0.500. The van der Waals surface area contributed by atoms with Gasteiger partial charge in [-0.25, -0.2) is 0 Å². The van der Waals surface area contributed by atoms with Gasteiger partial charge in [-0.1, -0.05) is 13.3 Å². The Balaban J connectivity index is 3.50. The van der Waals surface area contributed by atoms with Crippen LogP contribution in [0, 0.1) is 0 Å². The summed E-state index contributed by atoms with van der Waals surface area (Å²) in [7, 11) is -1.52. The topological polar surface area (TPSA) is 93.1 Å². The molecule has 0 aliphatic carbocycles. The molecule has 0 saturated carbocycles. The van der Waals surface area contributed by atoms with Crippen LogP contribution in [-0.4, -0.2) is 64.4 Å². The second-order valence-electron chi connectivity index (χ2n) is 3.77. The molecule has 0 bridgehead atoms. The number of carbonyl (C=O) groups excluding carboxylic acids is 1. The van der Waals surface area contributed by atoms with E-state index < -0.39 is 29.5 Å². The molecule has 0 aromatic carbocycles. The van der Waals surface area contributed by atoms with E-state index in [2.05, 4.69) is 6.92 Å². The lowest BCUT2D eigenvalue weighted by molar-refractivity contribution is -0.142. The SMILES string of the molecule is CCCCOCCOC(=O)CS(=O)CC(O)CO. The van der Waals surface area contributed by atoms with Crippen LogP contribution in [-0.2, 0) is 25.1 Å². The van der Waals surface area contributed by atoms with Gasteiger partial charge in [-0.05, 0) is 6.42 Å². The molecule has 0 aliphatic rings. The number of aliphatic hydroxyl groups excluding tert-OH is 2. The summed E-state index contributed by atoms with van der Waals surface area (Å²) >= 11 is 0. The Morgan fingerprint density at radius 1 is 1.33 bits per heavy atom. The van der Waals surface area contributed by atoms with Gasteiger partial charge in [0, 0.05) is 17.4 Å². The van der Waals surface area contributed by atoms with Crippen molar-refractivity contribution in [2.75, 3.05) is 37.9 Å². The number of hydrogen-bond acceptors (Lipinski definition) is 6. The quantitative estimate of drug-likeness (QED) is 0.390. The van der Waals surface area contributed by atoms with Crippen LogP contribution in [0.2, 0.25) is 0 Å². The van der Waals surface area contributed by atoms with Crippen molar-refractivity contribution in [2.45, 2.75) is 25.9 Å². The van der Waals surface area contributed by atoms with Gasteiger partial charge in [-0.3, -0.25) is 9.00 Å². The largest absolute Gasteiger partial charge is 0.463 e. The average Bonchev–Trinajstić information content (AvgIpc) is 2.33. The van der Waals surface area contributed by atoms with E-state index >= 15 is 0 Å². The minimum atomic E-state index is -1.52. The van der Waals surface area contributed by atoms with E-state index in [1.807, 2.05) is 0 Å². The lowest BCUT2D eigenvalue weighted by atomic mass is 10.4. The molecule has 0 rings (SSSR count). The van der Waals surface area contributed by atoms with Crippen molar-refractivity contribution in [1.29, 1.82) is 0 Å². The fourth-order valence-corrected chi connectivity index (χ4v) is 2.06. The number of carbonyl (C=O) groups is 1. The maximum absolute atomic E-state index is 11.3. The van der Waals surface area contributed by atoms with E-state index in [0.717, 1.165) is 12.8 Å². The molecule has 2 unspecified atom stereocenters. The molecule has 0 radical (unpaired) electrons. The molecule has 0 fully saturated rings. The molecule has 0 spiro atoms. The third-order valence-electron chi connectivity index (χ3n) is 2.00. The van der Waals surface area contributed by atoms with Gasteiger partial charge in [0.2, 0.25) is 0 Å². The van der Waals surface area contributed by atoms with Crippen molar-refractivity contribution in [3.63, 3.8) is 0 Å². The zero-order valence-electron chi connectivity index (χ0n) is 10.7. The molecule has 0 aromatic rings. The molecule has 0 aliphatic heterocycles. The van der Waals surface area contributed by atoms with Crippen LogP contribution >= 0.6 is 0 Å². The molecular weight excluding hydrogens is 260 g/mol. The van der Waals surface area contributed by atoms with Gasteiger partial charge in [-0.15, -0.1) is 0 Å². The number of hydrogen-bond donors (Lipinski definition) is 2. The lowest BCUT2D eigenvalue weighted by Gasteiger charge is -2.07. The van der Waals surface area contributed by atoms with Gasteiger partial charge in [0.25, 0.3) is 0 Å². The van der Waals surface area contributed by atoms with Crippen molar-refractivity contribution in [3.05, 3.63) is 0 Å². The zero-order valence-corrected chi connectivity index (χ0v) is 11.5. The Morgan fingerprint density at radius 3 is 2.67 bits per heavy atom. The van der Waals surface area contributed by atoms with Crippen LogP contribution in [0.1, 0.15) is 19.8 Å². The Labute approximate surface area is 110 Å². The van der Waals surface area contributed by atoms with Gasteiger partial charge >= 0.3 is 5.97 Å². The monoisotopic (exact) mass is 282 g/mol. The molecule has 0 saturated heterocycles. The second-order valence-corrected chi connectivity index (χ2v) is 5.28. The van der Waals surface area contributed by atoms with E-state index in [-0.39, 0.29) is 18.1 Å². The van der Waals surface area contributed by atoms with Crippen LogP contribution < -0.4 is 0 Å². The van der Waals surface area contributed by atoms with Gasteiger partial charge in [0.05, 0.1) is 25.1 Å². The highest BCUT2D eigenvalue weighted by atomic mass is 32.2. The summed E-state index contributed by atoms with van der Waals surface area (Å²) in [4.78, 5) is 11.2. The normalized spacial score (nSPS) is 14.2. The molecule has 2 atom stereocenters. The number of aliphatic hydroxyl groups is 2. The Kier molecular flexibility index (Phi) is 11.3. The van der Waals surface area contributed by atoms with Crippen molar-refractivity contribution < 1.29 is 28.7 Å². The van der Waals surface area contributed by atoms with Crippen LogP contribution in [0.25, 0.3) is 0 Å². The number of ether oxygens (including phenoxy) is 2. The van der Waals surface area contributed by atoms with Gasteiger partial charge in [0.15, 0.2) is 0 Å². The number of esters is 1. The summed E-state index contributed by atoms with van der Waals surface area (Å²) < 4.78 is 21.3. The highest BCUT2D eigenvalue weighted by molar-refractivity contribution is 7.85. The van der Waals surface area contributed by atoms with Gasteiger partial charge in [-0.2, -0.15) is 0 Å². The molecule has 6 nitrogen and oxygen atoms in total. The molecular formula is C11H22O6S. The summed E-state index contributed by atoms with van der Waals surface area (Å²) in [6.07, 6.45) is 0.958. The fraction of sp³-hybridized carbons (Fsp3) is 0.909. The van der Waals surface area contributed by atoms with E-state index in [9.17, 15) is 9.00 Å². The maximum Gasteiger partial charge on any atom is 0.318 e. The Morgan fingerprint density at radius 2 is 2.06 bits per heavy atom. The lowest BCUT2D eigenvalue weighted by Crippen LogP contribution is -2.25. The first-order valence-electron chi connectivity index (χ1n) is 5.97. The van der Waals surface area contributed by atoms with Crippen molar-refractivity contribution in [2.24, 2.45) is 0 Å². The summed E-state index contributed by atoms with van der Waals surface area (Å²) in [5.74, 6) is -0.984. The third-order valence-corrected chi connectivity index (χ3v) is 3.32. The third kappa shape index (κ3) is 10.6. The highest BCUT2D eigenvalue weighted by Gasteiger charge is 2.13. The smallest absolute Gasteiger partial charge is 0.318 e. The summed E-state index contributed by atoms with van der Waals surface area (Å²) in [5, 5.41) is 17.6. The van der Waals surface area contributed by atoms with Gasteiger partial charge < -0.3 is 19.7 Å². The van der Waals surface area contributed by atoms with Crippen molar-refractivity contribution in [1.82, 2.24) is 0 Å². The van der Waals surface area contributed by atoms with Crippen LogP contribution in [0.3, 0.4) is 0 Å². The second kappa shape index (κ2) is 11.6. The maximum atomic E-state index is 11.3. The van der Waals surface area contributed by atoms with E-state index in [4.69, 9.17) is 19.7 Å². The standard InChI is InChI=1S/C11H22O6S/c1-2-3-4-16-5-6-17-11(14)9-18(15)8-10(13)7-12/h10,12-13H,2-9H2,1H3. The van der Waals surface area contributed by atoms with Crippen LogP contribution in [0.15, 0.2) is 0 Å². The minimum Gasteiger partial charge on any atom is -0.463 e. The first-order chi connectivity index (χ1) is 8.60. The van der Waals surface area contributed by atoms with Crippen LogP contribution in [0.4, 0.5) is 0 Å². The predicted octanol–water partition coefficient (Wildman–Crippen LogP) is -0.552. The van der Waals surface area contributed by atoms with E-state index in [0.29, 0.717) is 13.2 Å². The molecule has 0 amide bonds. The number of rotatable bonds is 11. The first-order valence-corrected chi connectivity index (χ1v) is 7.46. The predicted molar refractivity (Wildman–Crippen MR) is 67.7 cm³/mol. The number of unbranched alkanes of at least 4 members (excludes halogenated alkanes) is 1. The molecule has 0 heterocycles. The van der Waals surface area contributed by atoms with Crippen LogP contribution in [0.5, 0.6) is 0 Å².